The van der Waals surface area contributed by atoms with Crippen molar-refractivity contribution in [3.63, 3.8) is 0 Å². The fourth-order valence-corrected chi connectivity index (χ4v) is 2.25. The highest BCUT2D eigenvalue weighted by molar-refractivity contribution is 6.33. The molecule has 0 aromatic heterocycles. The van der Waals surface area contributed by atoms with Gasteiger partial charge in [0.05, 0.1) is 10.7 Å². The Morgan fingerprint density at radius 2 is 1.38 bits per heavy atom. The summed E-state index contributed by atoms with van der Waals surface area (Å²) < 4.78 is 5.77. The summed E-state index contributed by atoms with van der Waals surface area (Å²) in [4.78, 5) is 0. The molecule has 3 aromatic carbocycles. The van der Waals surface area contributed by atoms with E-state index in [-0.39, 0.29) is 0 Å². The first-order valence-corrected chi connectivity index (χ1v) is 6.99. The van der Waals surface area contributed by atoms with Gasteiger partial charge in [-0.25, -0.2) is 0 Å². The van der Waals surface area contributed by atoms with Crippen LogP contribution in [0.5, 0.6) is 11.5 Å². The lowest BCUT2D eigenvalue weighted by atomic mass is 10.1. The smallest absolute Gasteiger partial charge is 0.151 e. The molecule has 0 aliphatic heterocycles. The van der Waals surface area contributed by atoms with Gasteiger partial charge in [-0.2, -0.15) is 0 Å². The summed E-state index contributed by atoms with van der Waals surface area (Å²) in [5.74, 6) is 1.29. The Balaban J connectivity index is 1.83. The number of benzene rings is 3. The van der Waals surface area contributed by atoms with Crippen molar-refractivity contribution >= 4 is 17.3 Å². The minimum absolute atomic E-state index is 0.450. The summed E-state index contributed by atoms with van der Waals surface area (Å²) in [5, 5.41) is 0.494. The molecule has 3 aromatic rings. The predicted molar refractivity (Wildman–Crippen MR) is 87.8 cm³/mol. The van der Waals surface area contributed by atoms with Crippen molar-refractivity contribution in [3.05, 3.63) is 77.8 Å². The molecule has 3 rings (SSSR count). The van der Waals surface area contributed by atoms with Crippen molar-refractivity contribution < 1.29 is 4.74 Å². The first-order chi connectivity index (χ1) is 10.2. The van der Waals surface area contributed by atoms with Crippen LogP contribution in [0.3, 0.4) is 0 Å². The van der Waals surface area contributed by atoms with Crippen LogP contribution in [-0.2, 0) is 0 Å². The maximum atomic E-state index is 5.98. The normalized spacial score (nSPS) is 10.3. The summed E-state index contributed by atoms with van der Waals surface area (Å²) in [6.45, 7) is 0. The van der Waals surface area contributed by atoms with Gasteiger partial charge in [0.25, 0.3) is 0 Å². The lowest BCUT2D eigenvalue weighted by molar-refractivity contribution is 0.485. The number of rotatable bonds is 3. The van der Waals surface area contributed by atoms with E-state index in [1.54, 1.807) is 12.1 Å². The van der Waals surface area contributed by atoms with Gasteiger partial charge in [0.15, 0.2) is 5.75 Å². The average molecular weight is 296 g/mol. The lowest BCUT2D eigenvalue weighted by Gasteiger charge is -2.10. The molecule has 0 atom stereocenters. The summed E-state index contributed by atoms with van der Waals surface area (Å²) in [6, 6.07) is 23.4. The molecule has 0 bridgehead atoms. The highest BCUT2D eigenvalue weighted by Gasteiger charge is 2.05. The van der Waals surface area contributed by atoms with E-state index < -0.39 is 0 Å². The molecule has 2 nitrogen and oxygen atoms in total. The zero-order valence-electron chi connectivity index (χ0n) is 11.3. The SMILES string of the molecule is Nc1c(Cl)cccc1Oc1ccc(-c2ccccc2)cc1. The molecule has 0 aliphatic carbocycles. The standard InChI is InChI=1S/C18H14ClNO/c19-16-7-4-8-17(18(16)20)21-15-11-9-14(10-12-15)13-5-2-1-3-6-13/h1-12H,20H2. The first-order valence-electron chi connectivity index (χ1n) is 6.61. The molecule has 104 valence electrons. The second-order valence-corrected chi connectivity index (χ2v) is 5.05. The molecule has 3 heteroatoms. The third-order valence-electron chi connectivity index (χ3n) is 3.20. The van der Waals surface area contributed by atoms with Crippen molar-refractivity contribution in [1.82, 2.24) is 0 Å². The Kier molecular flexibility index (Phi) is 3.80. The maximum Gasteiger partial charge on any atom is 0.151 e. The van der Waals surface area contributed by atoms with Gasteiger partial charge in [-0.3, -0.25) is 0 Å². The minimum Gasteiger partial charge on any atom is -0.455 e. The molecule has 0 amide bonds. The summed E-state index contributed by atoms with van der Waals surface area (Å²) >= 11 is 5.98. The molecule has 0 radical (unpaired) electrons. The van der Waals surface area contributed by atoms with E-state index in [0.717, 1.165) is 11.3 Å². The monoisotopic (exact) mass is 295 g/mol. The van der Waals surface area contributed by atoms with Crippen LogP contribution in [0.25, 0.3) is 11.1 Å². The van der Waals surface area contributed by atoms with Gasteiger partial charge in [-0.05, 0) is 35.4 Å². The van der Waals surface area contributed by atoms with E-state index in [1.165, 1.54) is 5.56 Å². The molecule has 2 N–H and O–H groups in total. The van der Waals surface area contributed by atoms with Gasteiger partial charge in [-0.1, -0.05) is 60.1 Å². The number of anilines is 1. The van der Waals surface area contributed by atoms with Gasteiger partial charge in [0.2, 0.25) is 0 Å². The minimum atomic E-state index is 0.450. The van der Waals surface area contributed by atoms with Crippen LogP contribution >= 0.6 is 11.6 Å². The Morgan fingerprint density at radius 3 is 2.10 bits per heavy atom. The Labute approximate surface area is 128 Å². The molecule has 0 saturated heterocycles. The number of hydrogen-bond acceptors (Lipinski definition) is 2. The lowest BCUT2D eigenvalue weighted by Crippen LogP contribution is -1.92. The third-order valence-corrected chi connectivity index (χ3v) is 3.53. The van der Waals surface area contributed by atoms with Crippen molar-refractivity contribution in [1.29, 1.82) is 0 Å². The predicted octanol–water partition coefficient (Wildman–Crippen LogP) is 5.38. The topological polar surface area (TPSA) is 35.2 Å². The van der Waals surface area contributed by atoms with Crippen molar-refractivity contribution in [2.24, 2.45) is 0 Å². The fraction of sp³-hybridized carbons (Fsp3) is 0. The molecule has 0 aliphatic rings. The molecule has 0 unspecified atom stereocenters. The van der Waals surface area contributed by atoms with Gasteiger partial charge < -0.3 is 10.5 Å². The Hall–Kier alpha value is -2.45. The van der Waals surface area contributed by atoms with Crippen LogP contribution < -0.4 is 10.5 Å². The van der Waals surface area contributed by atoms with E-state index >= 15 is 0 Å². The second kappa shape index (κ2) is 5.90. The molecule has 0 saturated carbocycles. The largest absolute Gasteiger partial charge is 0.455 e. The van der Waals surface area contributed by atoms with Gasteiger partial charge in [-0.15, -0.1) is 0 Å². The number of halogens is 1. The fourth-order valence-electron chi connectivity index (χ4n) is 2.08. The maximum absolute atomic E-state index is 5.98. The van der Waals surface area contributed by atoms with E-state index in [1.807, 2.05) is 48.5 Å². The zero-order valence-corrected chi connectivity index (χ0v) is 12.0. The third kappa shape index (κ3) is 3.01. The van der Waals surface area contributed by atoms with E-state index in [9.17, 15) is 0 Å². The van der Waals surface area contributed by atoms with Crippen molar-refractivity contribution in [3.8, 4) is 22.6 Å². The highest BCUT2D eigenvalue weighted by Crippen LogP contribution is 2.33. The molecular weight excluding hydrogens is 282 g/mol. The van der Waals surface area contributed by atoms with Gasteiger partial charge in [0.1, 0.15) is 5.75 Å². The van der Waals surface area contributed by atoms with Crippen molar-refractivity contribution in [2.75, 3.05) is 5.73 Å². The number of nitrogen functional groups attached to an aromatic ring is 1. The molecule has 0 heterocycles. The quantitative estimate of drug-likeness (QED) is 0.658. The van der Waals surface area contributed by atoms with Crippen LogP contribution in [0.2, 0.25) is 5.02 Å². The van der Waals surface area contributed by atoms with Crippen LogP contribution in [0.1, 0.15) is 0 Å². The number of nitrogens with two attached hydrogens (primary N) is 1. The van der Waals surface area contributed by atoms with Crippen LogP contribution in [0, 0.1) is 0 Å². The van der Waals surface area contributed by atoms with Crippen LogP contribution in [-0.4, -0.2) is 0 Å². The summed E-state index contributed by atoms with van der Waals surface area (Å²) in [7, 11) is 0. The number of hydrogen-bond donors (Lipinski definition) is 1. The van der Waals surface area contributed by atoms with Gasteiger partial charge in [0, 0.05) is 0 Å². The van der Waals surface area contributed by atoms with Crippen molar-refractivity contribution in [2.45, 2.75) is 0 Å². The summed E-state index contributed by atoms with van der Waals surface area (Å²) in [5.41, 5.74) is 8.66. The number of para-hydroxylation sites is 1. The van der Waals surface area contributed by atoms with E-state index in [2.05, 4.69) is 12.1 Å². The Bertz CT molecular complexity index is 739. The second-order valence-electron chi connectivity index (χ2n) is 4.64. The Morgan fingerprint density at radius 1 is 0.714 bits per heavy atom. The van der Waals surface area contributed by atoms with Crippen LogP contribution in [0.15, 0.2) is 72.8 Å². The molecule has 0 spiro atoms. The van der Waals surface area contributed by atoms with E-state index in [4.69, 9.17) is 22.1 Å². The molecule has 0 fully saturated rings. The summed E-state index contributed by atoms with van der Waals surface area (Å²) in [6.07, 6.45) is 0. The zero-order chi connectivity index (χ0) is 14.7. The highest BCUT2D eigenvalue weighted by atomic mass is 35.5. The average Bonchev–Trinajstić information content (AvgIpc) is 2.53. The first kappa shape index (κ1) is 13.5. The number of ether oxygens (including phenoxy) is 1. The van der Waals surface area contributed by atoms with Crippen LogP contribution in [0.4, 0.5) is 5.69 Å². The molecule has 21 heavy (non-hydrogen) atoms. The van der Waals surface area contributed by atoms with E-state index in [0.29, 0.717) is 16.5 Å². The van der Waals surface area contributed by atoms with Gasteiger partial charge >= 0.3 is 0 Å². The molecular formula is C18H14ClNO.